The molecule has 8 heteroatoms. The van der Waals surface area contributed by atoms with Crippen LogP contribution in [0, 0.1) is 27.7 Å². The second kappa shape index (κ2) is 36.2. The predicted octanol–water partition coefficient (Wildman–Crippen LogP) is 18.9. The molecule has 2 nitrogen and oxygen atoms in total. The van der Waals surface area contributed by atoms with Crippen LogP contribution in [0.15, 0.2) is 206 Å². The maximum atomic E-state index is 5.87. The summed E-state index contributed by atoms with van der Waals surface area (Å²) in [4.78, 5) is 0. The Morgan fingerprint density at radius 2 is 0.585 bits per heavy atom. The maximum Gasteiger partial charge on any atom is 3.00 e. The molecule has 6 radical (unpaired) electrons. The number of aryl methyl sites for hydroxylation is 4. The van der Waals surface area contributed by atoms with Gasteiger partial charge in [0.05, 0.1) is 14.2 Å². The summed E-state index contributed by atoms with van der Waals surface area (Å²) in [6.07, 6.45) is 0. The molecule has 0 aliphatic carbocycles. The molecule has 0 aromatic heterocycles. The van der Waals surface area contributed by atoms with Gasteiger partial charge in [-0.25, -0.2) is 0 Å². The Morgan fingerprint density at radius 3 is 0.851 bits per heavy atom. The van der Waals surface area contributed by atoms with E-state index < -0.39 is 0 Å². The third-order valence-electron chi connectivity index (χ3n) is 16.3. The molecule has 0 aliphatic rings. The van der Waals surface area contributed by atoms with Gasteiger partial charge in [-0.05, 0) is 77.3 Å². The van der Waals surface area contributed by atoms with Gasteiger partial charge in [0.2, 0.25) is 0 Å². The van der Waals surface area contributed by atoms with E-state index in [-0.39, 0.29) is 98.9 Å². The maximum absolute atomic E-state index is 5.87. The number of methoxy groups -OCH3 is 2. The van der Waals surface area contributed by atoms with Crippen molar-refractivity contribution in [2.75, 3.05) is 14.2 Å². The quantitative estimate of drug-likeness (QED) is 0.122. The largest absolute Gasteiger partial charge is 3.00 e. The number of hydrogen-bond donors (Lipinski definition) is 0. The molecular formula is C86H100Cl2O2Si2Zr2. The molecule has 0 amide bonds. The standard InChI is InChI=1S/2C21H23O.2C20H21.2C2H6Si.2ClH.2Zr/c2*1-14-11-16-13-18(21(2,3)4)20(22-5)19(17(16)12-14)15-9-7-6-8-10-15;2*1-14-12-16-6-5-7-18(19(16)13-14)15-8-10-17(11-9-15)20(2,3)4;2*1-3-2;;;;/h2*6-13H,1-5H3;2*5-13H,1-4H3;2*1-2H3;2*1H;;/q4*-1;;;;;2*+3/p-2. The molecule has 0 atom stereocenters. The molecule has 0 heterocycles. The van der Waals surface area contributed by atoms with Gasteiger partial charge in [-0.15, -0.1) is 126 Å². The number of halogens is 2. The van der Waals surface area contributed by atoms with E-state index in [9.17, 15) is 0 Å². The van der Waals surface area contributed by atoms with Gasteiger partial charge in [0.15, 0.2) is 0 Å². The minimum Gasteiger partial charge on any atom is -1.00 e. The molecule has 12 rings (SSSR count). The number of rotatable bonds is 6. The summed E-state index contributed by atoms with van der Waals surface area (Å²) >= 11 is 0. The predicted molar refractivity (Wildman–Crippen MR) is 402 cm³/mol. The molecule has 0 saturated carbocycles. The minimum atomic E-state index is 0. The van der Waals surface area contributed by atoms with E-state index in [1.54, 1.807) is 14.2 Å². The van der Waals surface area contributed by atoms with Crippen LogP contribution in [0.4, 0.5) is 0 Å². The molecular weight excluding hydrogens is 1370 g/mol. The van der Waals surface area contributed by atoms with E-state index >= 15 is 0 Å². The van der Waals surface area contributed by atoms with Gasteiger partial charge < -0.3 is 34.3 Å². The van der Waals surface area contributed by atoms with Crippen molar-refractivity contribution in [3.63, 3.8) is 0 Å². The van der Waals surface area contributed by atoms with Gasteiger partial charge in [-0.2, -0.15) is 24.3 Å². The molecule has 0 aliphatic heterocycles. The Morgan fingerprint density at radius 1 is 0.309 bits per heavy atom. The Labute approximate surface area is 622 Å². The third kappa shape index (κ3) is 20.8. The van der Waals surface area contributed by atoms with Crippen molar-refractivity contribution in [1.82, 2.24) is 0 Å². The summed E-state index contributed by atoms with van der Waals surface area (Å²) in [6.45, 7) is 44.2. The molecule has 0 unspecified atom stereocenters. The van der Waals surface area contributed by atoms with Crippen LogP contribution in [0.2, 0.25) is 26.2 Å². The Hall–Kier alpha value is -5.42. The first-order valence-corrected chi connectivity index (χ1v) is 36.0. The van der Waals surface area contributed by atoms with Crippen LogP contribution in [0.3, 0.4) is 0 Å². The summed E-state index contributed by atoms with van der Waals surface area (Å²) in [5.41, 5.74) is 21.1. The summed E-state index contributed by atoms with van der Waals surface area (Å²) in [6, 6.07) is 74.9. The third-order valence-corrected chi connectivity index (χ3v) is 16.3. The monoisotopic (exact) mass is 1470 g/mol. The normalized spacial score (nSPS) is 11.0. The van der Waals surface area contributed by atoms with Crippen molar-refractivity contribution in [2.45, 2.75) is 159 Å². The first kappa shape index (κ1) is 82.8. The fraction of sp³-hybridized carbons (Fsp3) is 0.302. The van der Waals surface area contributed by atoms with Gasteiger partial charge >= 0.3 is 52.4 Å². The van der Waals surface area contributed by atoms with Gasteiger partial charge in [-0.1, -0.05) is 269 Å². The van der Waals surface area contributed by atoms with E-state index in [0.29, 0.717) is 0 Å². The van der Waals surface area contributed by atoms with Crippen molar-refractivity contribution in [2.24, 2.45) is 0 Å². The van der Waals surface area contributed by atoms with E-state index in [1.165, 1.54) is 132 Å². The second-order valence-electron chi connectivity index (χ2n) is 28.3. The number of fused-ring (bicyclic) bond motifs is 4. The van der Waals surface area contributed by atoms with Crippen molar-refractivity contribution in [3.8, 4) is 56.0 Å². The molecule has 0 saturated heterocycles. The van der Waals surface area contributed by atoms with Crippen LogP contribution < -0.4 is 34.3 Å². The fourth-order valence-corrected chi connectivity index (χ4v) is 11.9. The molecule has 0 fully saturated rings. The first-order chi connectivity index (χ1) is 42.6. The summed E-state index contributed by atoms with van der Waals surface area (Å²) in [7, 11) is 5.72. The molecule has 94 heavy (non-hydrogen) atoms. The van der Waals surface area contributed by atoms with Crippen LogP contribution in [0.5, 0.6) is 11.5 Å². The van der Waals surface area contributed by atoms with Crippen LogP contribution in [0.25, 0.3) is 87.6 Å². The molecule has 12 aromatic rings. The van der Waals surface area contributed by atoms with Gasteiger partial charge in [0.25, 0.3) is 0 Å². The van der Waals surface area contributed by atoms with Crippen LogP contribution in [-0.2, 0) is 74.1 Å². The SMILES string of the molecule is COc1c(C(C)(C)C)cc2[cH-]c(C)cc2c1-c1ccccc1.COc1c(C(C)(C)C)cc2[cH-]c(C)cc2c1-c1ccccc1.C[Si]C.C[Si]C.Cc1cc2c(-c3ccc(C(C)(C)C)cc3)cccc2[cH-]1.Cc1cc2c(-c3ccc(C(C)(C)C)cc3)cccc2[cH-]1.[Cl-].[Cl-].[Zr+3].[Zr+3]. The van der Waals surface area contributed by atoms with Gasteiger partial charge in [0.1, 0.15) is 11.5 Å². The smallest absolute Gasteiger partial charge is 1.00 e. The first-order valence-electron chi connectivity index (χ1n) is 32.0. The zero-order valence-electron chi connectivity index (χ0n) is 60.2. The zero-order chi connectivity index (χ0) is 65.9. The summed E-state index contributed by atoms with van der Waals surface area (Å²) in [5.74, 6) is 1.99. The average molecular weight is 1480 g/mol. The van der Waals surface area contributed by atoms with E-state index in [1.807, 2.05) is 0 Å². The molecule has 486 valence electrons. The van der Waals surface area contributed by atoms with Crippen LogP contribution in [-0.4, -0.2) is 33.3 Å². The summed E-state index contributed by atoms with van der Waals surface area (Å²) in [5, 5.41) is 10.5. The second-order valence-corrected chi connectivity index (χ2v) is 30.3. The minimum absolute atomic E-state index is 0. The number of ether oxygens (including phenoxy) is 2. The van der Waals surface area contributed by atoms with Gasteiger partial charge in [-0.3, -0.25) is 0 Å². The molecule has 0 spiro atoms. The topological polar surface area (TPSA) is 18.5 Å². The van der Waals surface area contributed by atoms with Crippen molar-refractivity contribution >= 4 is 62.1 Å². The van der Waals surface area contributed by atoms with E-state index in [0.717, 1.165) is 30.5 Å². The fourth-order valence-electron chi connectivity index (χ4n) is 11.9. The van der Waals surface area contributed by atoms with Gasteiger partial charge in [0, 0.05) is 19.0 Å². The van der Waals surface area contributed by atoms with Crippen molar-refractivity contribution < 1.29 is 86.7 Å². The van der Waals surface area contributed by atoms with Crippen LogP contribution >= 0.6 is 0 Å². The Balaban J connectivity index is 0.000000313. The zero-order valence-corrected chi connectivity index (χ0v) is 68.6. The Kier molecular flexibility index (Phi) is 31.9. The van der Waals surface area contributed by atoms with E-state index in [2.05, 4.69) is 343 Å². The Bertz CT molecular complexity index is 3970. The van der Waals surface area contributed by atoms with Crippen LogP contribution in [0.1, 0.15) is 128 Å². The van der Waals surface area contributed by atoms with Crippen molar-refractivity contribution in [3.05, 3.63) is 251 Å². The van der Waals surface area contributed by atoms with E-state index in [4.69, 9.17) is 9.47 Å². The number of benzene rings is 8. The number of hydrogen-bond acceptors (Lipinski definition) is 2. The molecule has 0 N–H and O–H groups in total. The molecule has 0 bridgehead atoms. The van der Waals surface area contributed by atoms with Crippen molar-refractivity contribution in [1.29, 1.82) is 0 Å². The summed E-state index contributed by atoms with van der Waals surface area (Å²) < 4.78 is 11.7. The molecule has 12 aromatic carbocycles. The average Bonchev–Trinajstić information content (AvgIpc) is 1.44.